The molecule has 0 unspecified atom stereocenters. The van der Waals surface area contributed by atoms with Gasteiger partial charge in [0.2, 0.25) is 5.52 Å². The van der Waals surface area contributed by atoms with Crippen LogP contribution in [0.25, 0.3) is 30.4 Å². The van der Waals surface area contributed by atoms with Crippen molar-refractivity contribution < 1.29 is 4.57 Å². The monoisotopic (exact) mass is 316 g/mol. The molecule has 0 fully saturated rings. The predicted molar refractivity (Wildman–Crippen MR) is 92.3 cm³/mol. The number of nitrogens with zero attached hydrogens (tertiary/aromatic N) is 1. The van der Waals surface area contributed by atoms with Crippen LogP contribution in [0.3, 0.4) is 0 Å². The summed E-state index contributed by atoms with van der Waals surface area (Å²) in [6.45, 7) is 2.21. The minimum Gasteiger partial charge on any atom is -0.179 e. The highest BCUT2D eigenvalue weighted by molar-refractivity contribution is 8.00. The lowest BCUT2D eigenvalue weighted by atomic mass is 10.1. The van der Waals surface area contributed by atoms with E-state index in [1.54, 1.807) is 0 Å². The number of thiazole rings is 1. The number of aryl methyl sites for hydroxylation is 1. The summed E-state index contributed by atoms with van der Waals surface area (Å²) in [5, 5.41) is 2.77. The van der Waals surface area contributed by atoms with Crippen molar-refractivity contribution in [3.8, 4) is 0 Å². The smallest absolute Gasteiger partial charge is 0.179 e. The minimum absolute atomic E-state index is 1.12. The van der Waals surface area contributed by atoms with Gasteiger partial charge in [0.05, 0.1) is 0 Å². The van der Waals surface area contributed by atoms with E-state index in [1.807, 2.05) is 34.4 Å². The van der Waals surface area contributed by atoms with E-state index in [-0.39, 0.29) is 0 Å². The molecule has 0 N–H and O–H groups in total. The van der Waals surface area contributed by atoms with Crippen LogP contribution in [-0.2, 0) is 7.05 Å². The van der Waals surface area contributed by atoms with Crippen LogP contribution >= 0.6 is 34.4 Å². The molecule has 2 aromatic heterocycles. The summed E-state index contributed by atoms with van der Waals surface area (Å²) in [4.78, 5) is 0. The van der Waals surface area contributed by atoms with Gasteiger partial charge in [-0.15, -0.1) is 11.3 Å². The lowest BCUT2D eigenvalue weighted by molar-refractivity contribution is -0.676. The van der Waals surface area contributed by atoms with Crippen molar-refractivity contribution >= 4 is 64.8 Å². The first-order chi connectivity index (χ1) is 9.78. The fraction of sp³-hybridized carbons (Fsp3) is 0.188. The molecule has 0 atom stereocenters. The first-order valence-electron chi connectivity index (χ1n) is 6.64. The molecule has 0 radical (unpaired) electrons. The SMILES string of the molecule is CCSc1sc2cc3sc4ccccc4c3cc2[n+]1C. The Kier molecular flexibility index (Phi) is 2.98. The lowest BCUT2D eigenvalue weighted by Gasteiger charge is -1.91. The first kappa shape index (κ1) is 12.6. The van der Waals surface area contributed by atoms with Crippen LogP contribution in [-0.4, -0.2) is 5.75 Å². The van der Waals surface area contributed by atoms with Gasteiger partial charge in [-0.2, -0.15) is 4.57 Å². The van der Waals surface area contributed by atoms with Crippen molar-refractivity contribution in [3.05, 3.63) is 36.4 Å². The zero-order valence-electron chi connectivity index (χ0n) is 11.3. The van der Waals surface area contributed by atoms with Gasteiger partial charge in [-0.1, -0.05) is 36.5 Å². The van der Waals surface area contributed by atoms with Gasteiger partial charge in [0.15, 0.2) is 0 Å². The average molecular weight is 316 g/mol. The summed E-state index contributed by atoms with van der Waals surface area (Å²) in [6.07, 6.45) is 0. The fourth-order valence-electron chi connectivity index (χ4n) is 2.60. The molecule has 0 saturated heterocycles. The number of hydrogen-bond donors (Lipinski definition) is 0. The number of thiophene rings is 1. The van der Waals surface area contributed by atoms with Crippen molar-refractivity contribution in [2.75, 3.05) is 5.75 Å². The molecular weight excluding hydrogens is 302 g/mol. The van der Waals surface area contributed by atoms with E-state index >= 15 is 0 Å². The van der Waals surface area contributed by atoms with Gasteiger partial charge in [-0.3, -0.25) is 0 Å². The summed E-state index contributed by atoms with van der Waals surface area (Å²) < 4.78 is 7.89. The van der Waals surface area contributed by atoms with E-state index in [1.165, 1.54) is 34.7 Å². The fourth-order valence-corrected chi connectivity index (χ4v) is 6.10. The molecule has 4 rings (SSSR count). The van der Waals surface area contributed by atoms with E-state index in [0.29, 0.717) is 0 Å². The Morgan fingerprint density at radius 3 is 2.70 bits per heavy atom. The molecule has 0 aliphatic carbocycles. The maximum atomic E-state index is 2.36. The molecule has 20 heavy (non-hydrogen) atoms. The quantitative estimate of drug-likeness (QED) is 0.363. The summed E-state index contributed by atoms with van der Waals surface area (Å²) in [7, 11) is 2.18. The normalized spacial score (nSPS) is 11.9. The molecule has 4 aromatic rings. The number of benzene rings is 2. The van der Waals surface area contributed by atoms with E-state index in [2.05, 4.69) is 54.9 Å². The van der Waals surface area contributed by atoms with Gasteiger partial charge >= 0.3 is 0 Å². The van der Waals surface area contributed by atoms with Gasteiger partial charge in [0.25, 0.3) is 4.34 Å². The molecule has 0 spiro atoms. The Morgan fingerprint density at radius 2 is 1.85 bits per heavy atom. The van der Waals surface area contributed by atoms with Gasteiger partial charge in [-0.05, 0) is 23.9 Å². The summed E-state index contributed by atoms with van der Waals surface area (Å²) in [5.74, 6) is 1.12. The van der Waals surface area contributed by atoms with Crippen LogP contribution < -0.4 is 4.57 Å². The van der Waals surface area contributed by atoms with Crippen molar-refractivity contribution in [3.63, 3.8) is 0 Å². The molecular formula is C16H14NS3+. The van der Waals surface area contributed by atoms with Gasteiger partial charge in [0.1, 0.15) is 11.7 Å². The second-order valence-corrected chi connectivity index (χ2v) is 8.40. The van der Waals surface area contributed by atoms with Crippen LogP contribution in [0.1, 0.15) is 6.92 Å². The predicted octanol–water partition coefficient (Wildman–Crippen LogP) is 5.21. The second-order valence-electron chi connectivity index (χ2n) is 4.77. The Labute approximate surface area is 129 Å². The Bertz CT molecular complexity index is 933. The molecule has 4 heteroatoms. The van der Waals surface area contributed by atoms with Crippen molar-refractivity contribution in [1.29, 1.82) is 0 Å². The third-order valence-corrected chi connectivity index (χ3v) is 7.10. The summed E-state index contributed by atoms with van der Waals surface area (Å²) in [5.41, 5.74) is 1.35. The van der Waals surface area contributed by atoms with Gasteiger partial charge < -0.3 is 0 Å². The standard InChI is InChI=1S/C16H14NS3/c1-3-18-16-17(2)12-8-11-10-6-4-5-7-13(10)19-14(11)9-15(12)20-16/h4-9H,3H2,1-2H3/q+1. The molecule has 0 amide bonds. The Balaban J connectivity index is 2.10. The third-order valence-electron chi connectivity index (χ3n) is 3.56. The first-order valence-corrected chi connectivity index (χ1v) is 9.26. The molecule has 1 nitrogen and oxygen atoms in total. The van der Waals surface area contributed by atoms with Crippen molar-refractivity contribution in [2.24, 2.45) is 7.05 Å². The van der Waals surface area contributed by atoms with E-state index in [4.69, 9.17) is 0 Å². The van der Waals surface area contributed by atoms with Crippen LogP contribution in [0, 0.1) is 0 Å². The van der Waals surface area contributed by atoms with Gasteiger partial charge in [-0.25, -0.2) is 0 Å². The molecule has 2 heterocycles. The molecule has 0 aliphatic rings. The topological polar surface area (TPSA) is 3.88 Å². The van der Waals surface area contributed by atoms with Crippen LogP contribution in [0.4, 0.5) is 0 Å². The van der Waals surface area contributed by atoms with E-state index in [0.717, 1.165) is 5.75 Å². The lowest BCUT2D eigenvalue weighted by Crippen LogP contribution is -2.28. The molecule has 100 valence electrons. The highest BCUT2D eigenvalue weighted by Gasteiger charge is 2.18. The van der Waals surface area contributed by atoms with E-state index < -0.39 is 0 Å². The highest BCUT2D eigenvalue weighted by Crippen LogP contribution is 2.38. The van der Waals surface area contributed by atoms with Crippen LogP contribution in [0.5, 0.6) is 0 Å². The summed E-state index contributed by atoms with van der Waals surface area (Å²) in [6, 6.07) is 13.4. The number of thioether (sulfide) groups is 1. The van der Waals surface area contributed by atoms with Crippen molar-refractivity contribution in [2.45, 2.75) is 11.3 Å². The van der Waals surface area contributed by atoms with Crippen molar-refractivity contribution in [1.82, 2.24) is 0 Å². The average Bonchev–Trinajstić information content (AvgIpc) is 2.96. The highest BCUT2D eigenvalue weighted by atomic mass is 32.2. The minimum atomic E-state index is 1.12. The largest absolute Gasteiger partial charge is 0.298 e. The van der Waals surface area contributed by atoms with E-state index in [9.17, 15) is 0 Å². The Morgan fingerprint density at radius 1 is 1.00 bits per heavy atom. The maximum absolute atomic E-state index is 2.36. The molecule has 0 bridgehead atoms. The van der Waals surface area contributed by atoms with Crippen LogP contribution in [0.2, 0.25) is 0 Å². The molecule has 0 saturated carbocycles. The number of rotatable bonds is 2. The van der Waals surface area contributed by atoms with Crippen LogP contribution in [0.15, 0.2) is 40.7 Å². The summed E-state index contributed by atoms with van der Waals surface area (Å²) >= 11 is 5.73. The maximum Gasteiger partial charge on any atom is 0.298 e. The molecule has 2 aromatic carbocycles. The number of hydrogen-bond acceptors (Lipinski definition) is 3. The second kappa shape index (κ2) is 4.72. The zero-order chi connectivity index (χ0) is 13.7. The molecule has 0 aliphatic heterocycles. The Hall–Kier alpha value is -1.10. The third kappa shape index (κ3) is 1.79. The van der Waals surface area contributed by atoms with Gasteiger partial charge in [0, 0.05) is 32.0 Å². The number of fused-ring (bicyclic) bond motifs is 4. The number of aromatic nitrogens is 1. The zero-order valence-corrected chi connectivity index (χ0v) is 13.8.